The number of aromatic nitrogens is 3. The van der Waals surface area contributed by atoms with Gasteiger partial charge in [0.15, 0.2) is 175 Å². The second-order valence-electron chi connectivity index (χ2n) is 26.3. The Kier molecular flexibility index (Phi) is 41.3. The van der Waals surface area contributed by atoms with E-state index in [2.05, 4.69) is 41.0 Å². The van der Waals surface area contributed by atoms with Gasteiger partial charge in [-0.25, -0.2) is 137 Å². The second-order valence-corrected chi connectivity index (χ2v) is 26.3. The molecule has 4 nitrogen and oxygen atoms in total. The maximum absolute atomic E-state index is 14.4. The minimum absolute atomic E-state index is 1.32. The molecule has 111 heavy (non-hydrogen) atoms. The molecule has 0 unspecified atom stereocenters. The summed E-state index contributed by atoms with van der Waals surface area (Å²) >= 11 is 0. The predicted octanol–water partition coefficient (Wildman–Crippen LogP) is 21.8. The third-order valence-corrected chi connectivity index (χ3v) is 18.3. The second kappa shape index (κ2) is 47.8. The van der Waals surface area contributed by atoms with Gasteiger partial charge in [-0.3, -0.25) is 5.10 Å². The average molecular weight is 1630 g/mol. The number of benzene rings is 6. The fourth-order valence-electron chi connectivity index (χ4n) is 12.3. The molecule has 0 aliphatic heterocycles. The lowest BCUT2D eigenvalue weighted by Crippen LogP contribution is -2.60. The van der Waals surface area contributed by atoms with Crippen LogP contribution in [-0.4, -0.2) is 53.6 Å². The van der Waals surface area contributed by atoms with Crippen molar-refractivity contribution in [2.75, 3.05) is 20.1 Å². The molecule has 0 saturated carbocycles. The summed E-state index contributed by atoms with van der Waals surface area (Å²) in [5, 5.41) is 5.99. The molecule has 0 aliphatic carbocycles. The van der Waals surface area contributed by atoms with Gasteiger partial charge in [0.1, 0.15) is 12.7 Å². The Hall–Kier alpha value is -7.55. The topological polar surface area (TPSA) is 44.8 Å². The van der Waals surface area contributed by atoms with Gasteiger partial charge in [-0.15, -0.1) is 0 Å². The van der Waals surface area contributed by atoms with Crippen LogP contribution in [0.3, 0.4) is 0 Å². The summed E-state index contributed by atoms with van der Waals surface area (Å²) in [6, 6.07) is 0. The summed E-state index contributed by atoms with van der Waals surface area (Å²) in [7, 11) is 2.34. The minimum atomic E-state index is -3.96. The minimum Gasteiger partial charge on any atom is -0.306 e. The number of unbranched alkanes of at least 4 members (excludes halogenated alkanes) is 30. The normalized spacial score (nSPS) is 11.3. The molecule has 616 valence electrons. The number of hydrogen-bond donors (Lipinski definition) is 1. The first-order valence-corrected chi connectivity index (χ1v) is 36.2. The zero-order chi connectivity index (χ0) is 83.1. The SMILES string of the molecule is CCCCCCCCCCCCCCCCCCN(C)CCCCCCCCCCCCCCCCCC.Fc1c(F)c(F)c(B(c2c(F)c(F)c(F)c(F)c2F)c2c(F)c(F)c(F)c(F)c2F)c(F)c1F.Fc1c(F)c(F)c(B(c2c(F)c(F)c(F)c(F)c2F)c2c(F)c(F)c(F)c(F)c2F)c(F)c1F.c1nc[nH]n1. The first kappa shape index (κ1) is 95.8. The highest BCUT2D eigenvalue weighted by molar-refractivity contribution is 6.96. The van der Waals surface area contributed by atoms with Crippen LogP contribution in [0.1, 0.15) is 219 Å². The monoisotopic (exact) mass is 1630 g/mol. The molecule has 7 rings (SSSR count). The van der Waals surface area contributed by atoms with E-state index in [4.69, 9.17) is 0 Å². The summed E-state index contributed by atoms with van der Waals surface area (Å²) in [4.78, 5) is 6.15. The van der Waals surface area contributed by atoms with Gasteiger partial charge in [0.25, 0.3) is 13.4 Å². The molecule has 0 bridgehead atoms. The van der Waals surface area contributed by atoms with Crippen LogP contribution in [0.5, 0.6) is 0 Å². The summed E-state index contributed by atoms with van der Waals surface area (Å²) in [6.07, 6.45) is 49.8. The zero-order valence-corrected chi connectivity index (χ0v) is 60.5. The number of nitrogens with one attached hydrogen (secondary N) is 1. The number of nitrogens with zero attached hydrogens (tertiary/aromatic N) is 3. The number of rotatable bonds is 40. The Morgan fingerprint density at radius 3 is 0.468 bits per heavy atom. The Morgan fingerprint density at radius 1 is 0.216 bits per heavy atom. The summed E-state index contributed by atoms with van der Waals surface area (Å²) in [5.41, 5.74) is -16.1. The molecule has 1 N–H and O–H groups in total. The Bertz CT molecular complexity index is 3350. The molecule has 36 heteroatoms. The van der Waals surface area contributed by atoms with Crippen LogP contribution in [0.4, 0.5) is 132 Å². The van der Waals surface area contributed by atoms with Crippen molar-refractivity contribution in [1.29, 1.82) is 0 Å². The highest BCUT2D eigenvalue weighted by atomic mass is 19.2. The van der Waals surface area contributed by atoms with Crippen LogP contribution in [0, 0.1) is 175 Å². The van der Waals surface area contributed by atoms with E-state index in [-0.39, 0.29) is 0 Å². The predicted molar refractivity (Wildman–Crippen MR) is 360 cm³/mol. The molecule has 0 amide bonds. The van der Waals surface area contributed by atoms with Crippen molar-refractivity contribution < 1.29 is 132 Å². The maximum atomic E-state index is 14.4. The molecule has 6 aromatic carbocycles. The Morgan fingerprint density at radius 2 is 0.351 bits per heavy atom. The standard InChI is InChI=1S/C37H77N.2C18BF15.C2H3N3/c1-4-6-8-10-12-14-16-18-20-22-24-26-28-30-32-34-36-38(3)37-35-33-31-29-27-25-23-21-19-17-15-13-11-9-7-5-2;2*20-4-1(5(21)11(27)16(32)10(4)26)19(2-6(22)12(28)17(33)13(29)7(2)23)3-8(24)14(30)18(34)15(31)9(3)25;1-3-2-5-4-1/h4-37H2,1-3H3;;;1-2H,(H,3,4,5). The first-order valence-electron chi connectivity index (χ1n) is 36.2. The summed E-state index contributed by atoms with van der Waals surface area (Å²) in [5.74, 6) is -90.4. The lowest BCUT2D eigenvalue weighted by Gasteiger charge is -2.21. The molecule has 1 heterocycles. The number of H-pyrrole nitrogens is 1. The van der Waals surface area contributed by atoms with Gasteiger partial charge < -0.3 is 4.90 Å². The fourth-order valence-corrected chi connectivity index (χ4v) is 12.3. The molecule has 0 fully saturated rings. The van der Waals surface area contributed by atoms with E-state index in [0.717, 1.165) is 0 Å². The van der Waals surface area contributed by atoms with E-state index >= 15 is 0 Å². The molecule has 0 radical (unpaired) electrons. The molecular formula is C75H80B2F30N4. The van der Waals surface area contributed by atoms with Gasteiger partial charge in [0.05, 0.1) is 0 Å². The van der Waals surface area contributed by atoms with E-state index in [1.807, 2.05) is 0 Å². The van der Waals surface area contributed by atoms with Crippen LogP contribution in [0.2, 0.25) is 0 Å². The lowest BCUT2D eigenvalue weighted by atomic mass is 9.36. The number of hydrogen-bond acceptors (Lipinski definition) is 3. The van der Waals surface area contributed by atoms with Crippen LogP contribution in [0.15, 0.2) is 12.7 Å². The number of aromatic amines is 1. The maximum Gasteiger partial charge on any atom is 0.265 e. The first-order chi connectivity index (χ1) is 52.6. The van der Waals surface area contributed by atoms with Gasteiger partial charge >= 0.3 is 0 Å². The van der Waals surface area contributed by atoms with Crippen molar-refractivity contribution in [1.82, 2.24) is 20.1 Å². The van der Waals surface area contributed by atoms with Crippen LogP contribution in [0.25, 0.3) is 0 Å². The van der Waals surface area contributed by atoms with Crippen molar-refractivity contribution in [3.8, 4) is 0 Å². The van der Waals surface area contributed by atoms with Gasteiger partial charge in [-0.1, -0.05) is 206 Å². The third kappa shape index (κ3) is 25.5. The van der Waals surface area contributed by atoms with Gasteiger partial charge in [0.2, 0.25) is 0 Å². The molecule has 0 atom stereocenters. The van der Waals surface area contributed by atoms with E-state index in [1.165, 1.54) is 231 Å². The van der Waals surface area contributed by atoms with E-state index in [9.17, 15) is 132 Å². The average Bonchev–Trinajstić information content (AvgIpc) is 0.833. The smallest absolute Gasteiger partial charge is 0.265 e. The van der Waals surface area contributed by atoms with E-state index in [0.29, 0.717) is 0 Å². The van der Waals surface area contributed by atoms with Crippen molar-refractivity contribution in [2.45, 2.75) is 219 Å². The highest BCUT2D eigenvalue weighted by Crippen LogP contribution is 2.28. The molecule has 0 aliphatic rings. The van der Waals surface area contributed by atoms with Crippen LogP contribution in [-0.2, 0) is 0 Å². The molecule has 0 saturated heterocycles. The van der Waals surface area contributed by atoms with Crippen molar-refractivity contribution >= 4 is 46.2 Å². The van der Waals surface area contributed by atoms with Gasteiger partial charge in [-0.2, -0.15) is 5.10 Å². The molecular weight excluding hydrogens is 1550 g/mol. The Balaban J connectivity index is 0.000000340. The number of halogens is 30. The summed E-state index contributed by atoms with van der Waals surface area (Å²) < 4.78 is 417. The highest BCUT2D eigenvalue weighted by Gasteiger charge is 2.47. The van der Waals surface area contributed by atoms with Crippen molar-refractivity contribution in [3.05, 3.63) is 187 Å². The largest absolute Gasteiger partial charge is 0.306 e. The van der Waals surface area contributed by atoms with E-state index < -0.39 is 221 Å². The van der Waals surface area contributed by atoms with E-state index in [1.54, 1.807) is 0 Å². The molecule has 1 aromatic heterocycles. The van der Waals surface area contributed by atoms with Gasteiger partial charge in [-0.05, 0) is 33.0 Å². The summed E-state index contributed by atoms with van der Waals surface area (Å²) in [6.45, 7) is -0.671. The third-order valence-electron chi connectivity index (χ3n) is 18.3. The molecule has 7 aromatic rings. The quantitative estimate of drug-likeness (QED) is 0.0137. The van der Waals surface area contributed by atoms with Gasteiger partial charge in [0, 0.05) is 32.8 Å². The lowest BCUT2D eigenvalue weighted by molar-refractivity contribution is 0.314. The fraction of sp³-hybridized carbons (Fsp3) is 0.493. The van der Waals surface area contributed by atoms with Crippen molar-refractivity contribution in [3.63, 3.8) is 0 Å². The van der Waals surface area contributed by atoms with Crippen molar-refractivity contribution in [2.24, 2.45) is 0 Å². The zero-order valence-electron chi connectivity index (χ0n) is 60.5. The van der Waals surface area contributed by atoms with Crippen LogP contribution < -0.4 is 32.8 Å². The molecule has 0 spiro atoms. The Labute approximate surface area is 622 Å². The van der Waals surface area contributed by atoms with Crippen LogP contribution >= 0.6 is 0 Å².